The molecule has 0 saturated carbocycles. The fraction of sp³-hybridized carbons (Fsp3) is 0.200. The van der Waals surface area contributed by atoms with Gasteiger partial charge in [0.05, 0.1) is 12.0 Å². The lowest BCUT2D eigenvalue weighted by molar-refractivity contribution is 0.415. The summed E-state index contributed by atoms with van der Waals surface area (Å²) in [6.45, 7) is 1.85. The van der Waals surface area contributed by atoms with Gasteiger partial charge in [0.1, 0.15) is 5.75 Å². The van der Waals surface area contributed by atoms with Crippen molar-refractivity contribution in [3.8, 4) is 5.75 Å². The molecule has 0 fully saturated rings. The number of anilines is 1. The first-order valence-corrected chi connectivity index (χ1v) is 7.93. The van der Waals surface area contributed by atoms with Gasteiger partial charge >= 0.3 is 0 Å². The molecule has 21 heavy (non-hydrogen) atoms. The van der Waals surface area contributed by atoms with Crippen molar-refractivity contribution >= 4 is 15.7 Å². The molecule has 2 aromatic rings. The van der Waals surface area contributed by atoms with Gasteiger partial charge in [0.25, 0.3) is 10.0 Å². The van der Waals surface area contributed by atoms with Crippen LogP contribution in [0.3, 0.4) is 0 Å². The minimum absolute atomic E-state index is 0.128. The zero-order chi connectivity index (χ0) is 15.5. The van der Waals surface area contributed by atoms with E-state index in [9.17, 15) is 8.42 Å². The smallest absolute Gasteiger partial charge is 0.261 e. The van der Waals surface area contributed by atoms with Crippen LogP contribution in [-0.2, 0) is 10.0 Å². The van der Waals surface area contributed by atoms with E-state index in [0.717, 1.165) is 5.56 Å². The number of hydrogen-bond acceptors (Lipinski definition) is 4. The summed E-state index contributed by atoms with van der Waals surface area (Å²) in [5, 5.41) is 0. The maximum Gasteiger partial charge on any atom is 0.261 e. The van der Waals surface area contributed by atoms with Crippen molar-refractivity contribution in [3.05, 3.63) is 54.1 Å². The van der Waals surface area contributed by atoms with Crippen molar-refractivity contribution in [1.29, 1.82) is 0 Å². The molecule has 0 aliphatic rings. The molecule has 2 aromatic carbocycles. The highest BCUT2D eigenvalue weighted by Crippen LogP contribution is 2.20. The van der Waals surface area contributed by atoms with E-state index in [-0.39, 0.29) is 10.9 Å². The Kier molecular flexibility index (Phi) is 4.50. The average molecular weight is 306 g/mol. The third kappa shape index (κ3) is 3.74. The van der Waals surface area contributed by atoms with Crippen LogP contribution in [0.4, 0.5) is 5.69 Å². The molecule has 1 unspecified atom stereocenters. The van der Waals surface area contributed by atoms with E-state index in [1.165, 1.54) is 0 Å². The third-order valence-electron chi connectivity index (χ3n) is 3.06. The Bertz CT molecular complexity index is 693. The van der Waals surface area contributed by atoms with Crippen molar-refractivity contribution in [1.82, 2.24) is 0 Å². The predicted molar refractivity (Wildman–Crippen MR) is 82.8 cm³/mol. The zero-order valence-electron chi connectivity index (χ0n) is 11.9. The van der Waals surface area contributed by atoms with Crippen LogP contribution >= 0.6 is 0 Å². The van der Waals surface area contributed by atoms with E-state index in [1.54, 1.807) is 55.6 Å². The van der Waals surface area contributed by atoms with E-state index in [0.29, 0.717) is 11.4 Å². The van der Waals surface area contributed by atoms with Crippen LogP contribution in [0.1, 0.15) is 18.5 Å². The second-order valence-electron chi connectivity index (χ2n) is 4.69. The number of nitrogens with two attached hydrogens (primary N) is 1. The summed E-state index contributed by atoms with van der Waals surface area (Å²) in [5.41, 5.74) is 7.11. The van der Waals surface area contributed by atoms with Crippen molar-refractivity contribution in [2.24, 2.45) is 5.73 Å². The highest BCUT2D eigenvalue weighted by atomic mass is 32.2. The lowest BCUT2D eigenvalue weighted by Gasteiger charge is -2.10. The molecule has 2 rings (SSSR count). The second kappa shape index (κ2) is 6.15. The van der Waals surface area contributed by atoms with Crippen LogP contribution in [0.5, 0.6) is 5.75 Å². The topological polar surface area (TPSA) is 81.4 Å². The van der Waals surface area contributed by atoms with Gasteiger partial charge in [-0.15, -0.1) is 0 Å². The Hall–Kier alpha value is -2.05. The molecule has 0 aromatic heterocycles. The molecular formula is C15H18N2O3S. The van der Waals surface area contributed by atoms with Gasteiger partial charge in [-0.2, -0.15) is 0 Å². The highest BCUT2D eigenvalue weighted by Gasteiger charge is 2.14. The number of sulfonamides is 1. The Morgan fingerprint density at radius 3 is 2.10 bits per heavy atom. The number of rotatable bonds is 5. The van der Waals surface area contributed by atoms with Crippen LogP contribution in [0.25, 0.3) is 0 Å². The molecule has 0 radical (unpaired) electrons. The van der Waals surface area contributed by atoms with Gasteiger partial charge in [0, 0.05) is 11.7 Å². The molecule has 0 amide bonds. The molecule has 0 saturated heterocycles. The molecule has 6 heteroatoms. The van der Waals surface area contributed by atoms with Gasteiger partial charge in [0.15, 0.2) is 0 Å². The number of benzene rings is 2. The van der Waals surface area contributed by atoms with Crippen LogP contribution < -0.4 is 15.2 Å². The van der Waals surface area contributed by atoms with Crippen molar-refractivity contribution in [2.75, 3.05) is 11.8 Å². The van der Waals surface area contributed by atoms with Crippen LogP contribution in [0, 0.1) is 0 Å². The molecule has 0 aliphatic heterocycles. The van der Waals surface area contributed by atoms with E-state index < -0.39 is 10.0 Å². The van der Waals surface area contributed by atoms with Crippen molar-refractivity contribution in [3.63, 3.8) is 0 Å². The average Bonchev–Trinajstić information content (AvgIpc) is 2.48. The maximum atomic E-state index is 12.3. The molecule has 0 bridgehead atoms. The minimum Gasteiger partial charge on any atom is -0.497 e. The lowest BCUT2D eigenvalue weighted by Crippen LogP contribution is -2.13. The van der Waals surface area contributed by atoms with Gasteiger partial charge < -0.3 is 10.5 Å². The molecule has 3 N–H and O–H groups in total. The van der Waals surface area contributed by atoms with Gasteiger partial charge in [-0.25, -0.2) is 8.42 Å². The van der Waals surface area contributed by atoms with Crippen molar-refractivity contribution in [2.45, 2.75) is 17.9 Å². The van der Waals surface area contributed by atoms with Gasteiger partial charge in [-0.05, 0) is 48.9 Å². The fourth-order valence-electron chi connectivity index (χ4n) is 1.82. The van der Waals surface area contributed by atoms with E-state index >= 15 is 0 Å². The molecular weight excluding hydrogens is 288 g/mol. The first-order chi connectivity index (χ1) is 9.92. The Labute approximate surface area is 124 Å². The van der Waals surface area contributed by atoms with Crippen LogP contribution in [0.15, 0.2) is 53.4 Å². The van der Waals surface area contributed by atoms with E-state index in [4.69, 9.17) is 10.5 Å². The van der Waals surface area contributed by atoms with Gasteiger partial charge in [-0.1, -0.05) is 12.1 Å². The SMILES string of the molecule is COc1ccc(NS(=O)(=O)c2ccc(C(C)N)cc2)cc1. The lowest BCUT2D eigenvalue weighted by atomic mass is 10.1. The summed E-state index contributed by atoms with van der Waals surface area (Å²) in [5.74, 6) is 0.666. The zero-order valence-corrected chi connectivity index (χ0v) is 12.7. The fourth-order valence-corrected chi connectivity index (χ4v) is 2.88. The first-order valence-electron chi connectivity index (χ1n) is 6.45. The third-order valence-corrected chi connectivity index (χ3v) is 4.46. The molecule has 0 heterocycles. The Morgan fingerprint density at radius 2 is 1.62 bits per heavy atom. The van der Waals surface area contributed by atoms with E-state index in [2.05, 4.69) is 4.72 Å². The summed E-state index contributed by atoms with van der Waals surface area (Å²) in [6, 6.07) is 13.1. The Morgan fingerprint density at radius 1 is 1.05 bits per heavy atom. The summed E-state index contributed by atoms with van der Waals surface area (Å²) >= 11 is 0. The molecule has 0 spiro atoms. The molecule has 5 nitrogen and oxygen atoms in total. The van der Waals surface area contributed by atoms with Gasteiger partial charge in [0.2, 0.25) is 0 Å². The standard InChI is InChI=1S/C15H18N2O3S/c1-11(16)12-3-9-15(10-4-12)21(18,19)17-13-5-7-14(20-2)8-6-13/h3-11,17H,16H2,1-2H3. The largest absolute Gasteiger partial charge is 0.497 e. The van der Waals surface area contributed by atoms with E-state index in [1.807, 2.05) is 6.92 Å². The summed E-state index contributed by atoms with van der Waals surface area (Å²) < 4.78 is 32.1. The molecule has 1 atom stereocenters. The molecule has 112 valence electrons. The van der Waals surface area contributed by atoms with Gasteiger partial charge in [-0.3, -0.25) is 4.72 Å². The number of ether oxygens (including phenoxy) is 1. The Balaban J connectivity index is 2.20. The van der Waals surface area contributed by atoms with Crippen LogP contribution in [0.2, 0.25) is 0 Å². The predicted octanol–water partition coefficient (Wildman–Crippen LogP) is 2.52. The maximum absolute atomic E-state index is 12.3. The van der Waals surface area contributed by atoms with Crippen LogP contribution in [-0.4, -0.2) is 15.5 Å². The molecule has 0 aliphatic carbocycles. The first kappa shape index (κ1) is 15.3. The number of nitrogens with one attached hydrogen (secondary N) is 1. The highest BCUT2D eigenvalue weighted by molar-refractivity contribution is 7.92. The van der Waals surface area contributed by atoms with Crippen molar-refractivity contribution < 1.29 is 13.2 Å². The monoisotopic (exact) mass is 306 g/mol. The summed E-state index contributed by atoms with van der Waals surface area (Å²) in [6.07, 6.45) is 0. The quantitative estimate of drug-likeness (QED) is 0.889. The second-order valence-corrected chi connectivity index (χ2v) is 6.37. The minimum atomic E-state index is -3.61. The number of methoxy groups -OCH3 is 1. The summed E-state index contributed by atoms with van der Waals surface area (Å²) in [7, 11) is -2.05. The normalized spacial score (nSPS) is 12.7. The number of hydrogen-bond donors (Lipinski definition) is 2. The summed E-state index contributed by atoms with van der Waals surface area (Å²) in [4.78, 5) is 0.197.